The number of nitriles is 2. The van der Waals surface area contributed by atoms with E-state index in [0.717, 1.165) is 93.6 Å². The van der Waals surface area contributed by atoms with Crippen LogP contribution in [0.3, 0.4) is 0 Å². The van der Waals surface area contributed by atoms with Crippen molar-refractivity contribution in [2.75, 3.05) is 4.90 Å². The first-order valence-electron chi connectivity index (χ1n) is 22.1. The molecule has 0 amide bonds. The molecule has 0 aliphatic carbocycles. The van der Waals surface area contributed by atoms with Gasteiger partial charge >= 0.3 is 0 Å². The van der Waals surface area contributed by atoms with Gasteiger partial charge in [-0.25, -0.2) is 0 Å². The van der Waals surface area contributed by atoms with E-state index in [1.807, 2.05) is 36.4 Å². The van der Waals surface area contributed by atoms with Crippen molar-refractivity contribution >= 4 is 93.3 Å². The molecule has 0 atom stereocenters. The number of rotatable bonds is 6. The van der Waals surface area contributed by atoms with Gasteiger partial charge in [0.2, 0.25) is 0 Å². The Morgan fingerprint density at radius 2 is 0.803 bits per heavy atom. The second-order valence-electron chi connectivity index (χ2n) is 16.8. The highest BCUT2D eigenvalue weighted by Crippen LogP contribution is 2.44. The van der Waals surface area contributed by atoms with Crippen molar-refractivity contribution in [1.29, 1.82) is 10.5 Å². The van der Waals surface area contributed by atoms with Crippen LogP contribution in [-0.4, -0.2) is 13.7 Å². The molecule has 6 heteroatoms. The number of aromatic nitrogens is 3. The Morgan fingerprint density at radius 3 is 1.42 bits per heavy atom. The van der Waals surface area contributed by atoms with Crippen LogP contribution < -0.4 is 4.90 Å². The lowest BCUT2D eigenvalue weighted by molar-refractivity contribution is 1.12. The zero-order valence-electron chi connectivity index (χ0n) is 35.5. The molecule has 66 heavy (non-hydrogen) atoms. The molecule has 3 heterocycles. The lowest BCUT2D eigenvalue weighted by Gasteiger charge is -2.25. The zero-order valence-corrected chi connectivity index (χ0v) is 35.5. The summed E-state index contributed by atoms with van der Waals surface area (Å²) in [7, 11) is 0. The predicted molar refractivity (Wildman–Crippen MR) is 271 cm³/mol. The topological polar surface area (TPSA) is 65.6 Å². The standard InChI is InChI=1S/C60H36N6/c61-37-40-33-57(66-53-27-15-13-25-48(53)50-35-49-47-24-12-14-26-52(47)64(58(49)36-59(50)66)44-21-8-3-9-22-44)41(38-62)32-56(40)65-54-31-29-45(63(42-17-4-1-5-18-42)43-19-6-2-7-20-43)34-51(54)60-46-23-11-10-16-39(46)28-30-55(60)65/h1-36H. The Balaban J connectivity index is 1.08. The van der Waals surface area contributed by atoms with E-state index < -0.39 is 0 Å². The highest BCUT2D eigenvalue weighted by molar-refractivity contribution is 6.22. The predicted octanol–water partition coefficient (Wildman–Crippen LogP) is 15.3. The number of nitrogens with zero attached hydrogens (tertiary/aromatic N) is 6. The summed E-state index contributed by atoms with van der Waals surface area (Å²) < 4.78 is 6.66. The second kappa shape index (κ2) is 14.6. The summed E-state index contributed by atoms with van der Waals surface area (Å²) in [5.74, 6) is 0. The molecule has 0 unspecified atom stereocenters. The maximum absolute atomic E-state index is 11.2. The molecule has 0 N–H and O–H groups in total. The number of fused-ring (bicyclic) bond motifs is 11. The summed E-state index contributed by atoms with van der Waals surface area (Å²) in [6.45, 7) is 0. The molecule has 3 aromatic heterocycles. The first-order valence-corrected chi connectivity index (χ1v) is 22.1. The van der Waals surface area contributed by atoms with Crippen LogP contribution in [0.5, 0.6) is 0 Å². The summed E-state index contributed by atoms with van der Waals surface area (Å²) in [4.78, 5) is 2.27. The third-order valence-corrected chi connectivity index (χ3v) is 13.2. The fraction of sp³-hybridized carbons (Fsp3) is 0. The van der Waals surface area contributed by atoms with E-state index in [1.165, 1.54) is 5.39 Å². The first kappa shape index (κ1) is 37.2. The number of para-hydroxylation sites is 5. The van der Waals surface area contributed by atoms with E-state index in [2.05, 4.69) is 213 Å². The maximum atomic E-state index is 11.2. The van der Waals surface area contributed by atoms with E-state index in [1.54, 1.807) is 0 Å². The molecule has 0 radical (unpaired) electrons. The summed E-state index contributed by atoms with van der Waals surface area (Å²) in [6, 6.07) is 81.1. The molecule has 0 saturated carbocycles. The molecule has 0 spiro atoms. The van der Waals surface area contributed by atoms with Gasteiger partial charge in [-0.15, -0.1) is 0 Å². The molecule has 13 aromatic rings. The van der Waals surface area contributed by atoms with Crippen molar-refractivity contribution in [3.05, 3.63) is 230 Å². The monoisotopic (exact) mass is 840 g/mol. The smallest absolute Gasteiger partial charge is 0.101 e. The Bertz CT molecular complexity index is 4140. The summed E-state index contributed by atoms with van der Waals surface area (Å²) in [5, 5.41) is 31.3. The normalized spacial score (nSPS) is 11.6. The SMILES string of the molecule is N#Cc1cc(-n2c3ccc(N(c4ccccc4)c4ccccc4)cc3c3c4ccccc4ccc32)c(C#N)cc1-n1c2ccccc2c2cc3c4ccccc4n(-c4ccccc4)c3cc21. The van der Waals surface area contributed by atoms with Gasteiger partial charge in [-0.2, -0.15) is 10.5 Å². The molecule has 6 nitrogen and oxygen atoms in total. The molecule has 0 bridgehead atoms. The Hall–Kier alpha value is -9.36. The van der Waals surface area contributed by atoms with Gasteiger partial charge in [0.05, 0.1) is 55.6 Å². The van der Waals surface area contributed by atoms with Crippen molar-refractivity contribution in [2.24, 2.45) is 0 Å². The number of hydrogen-bond acceptors (Lipinski definition) is 3. The lowest BCUT2D eigenvalue weighted by Crippen LogP contribution is -2.09. The minimum atomic E-state index is 0.459. The minimum absolute atomic E-state index is 0.459. The van der Waals surface area contributed by atoms with Crippen molar-refractivity contribution < 1.29 is 0 Å². The largest absolute Gasteiger partial charge is 0.310 e. The second-order valence-corrected chi connectivity index (χ2v) is 16.8. The average molecular weight is 841 g/mol. The van der Waals surface area contributed by atoms with Gasteiger partial charge in [0, 0.05) is 55.1 Å². The third-order valence-electron chi connectivity index (χ3n) is 13.2. The van der Waals surface area contributed by atoms with Crippen LogP contribution in [0, 0.1) is 22.7 Å². The quantitative estimate of drug-likeness (QED) is 0.167. The van der Waals surface area contributed by atoms with Gasteiger partial charge in [-0.1, -0.05) is 121 Å². The summed E-state index contributed by atoms with van der Waals surface area (Å²) >= 11 is 0. The Morgan fingerprint density at radius 1 is 0.318 bits per heavy atom. The van der Waals surface area contributed by atoms with Crippen molar-refractivity contribution in [3.63, 3.8) is 0 Å². The van der Waals surface area contributed by atoms with Gasteiger partial charge in [0.15, 0.2) is 0 Å². The van der Waals surface area contributed by atoms with Crippen LogP contribution in [-0.2, 0) is 0 Å². The van der Waals surface area contributed by atoms with Crippen LogP contribution in [0.15, 0.2) is 218 Å². The molecular weight excluding hydrogens is 805 g/mol. The maximum Gasteiger partial charge on any atom is 0.101 e. The van der Waals surface area contributed by atoms with E-state index >= 15 is 0 Å². The van der Waals surface area contributed by atoms with Crippen molar-refractivity contribution in [3.8, 4) is 29.2 Å². The van der Waals surface area contributed by atoms with Gasteiger partial charge in [-0.3, -0.25) is 0 Å². The van der Waals surface area contributed by atoms with Crippen LogP contribution in [0.2, 0.25) is 0 Å². The Labute approximate surface area is 379 Å². The first-order chi connectivity index (χ1) is 32.7. The van der Waals surface area contributed by atoms with Crippen LogP contribution in [0.1, 0.15) is 11.1 Å². The van der Waals surface area contributed by atoms with E-state index in [9.17, 15) is 10.5 Å². The molecule has 0 aliphatic heterocycles. The summed E-state index contributed by atoms with van der Waals surface area (Å²) in [6.07, 6.45) is 0. The molecule has 10 aromatic carbocycles. The fourth-order valence-electron chi connectivity index (χ4n) is 10.5. The number of benzene rings is 10. The van der Waals surface area contributed by atoms with Crippen molar-refractivity contribution in [2.45, 2.75) is 0 Å². The number of hydrogen-bond donors (Lipinski definition) is 0. The molecule has 0 saturated heterocycles. The minimum Gasteiger partial charge on any atom is -0.310 e. The van der Waals surface area contributed by atoms with Gasteiger partial charge in [-0.05, 0) is 108 Å². The van der Waals surface area contributed by atoms with Gasteiger partial charge in [0.25, 0.3) is 0 Å². The van der Waals surface area contributed by atoms with Crippen LogP contribution in [0.25, 0.3) is 93.3 Å². The highest BCUT2D eigenvalue weighted by atomic mass is 15.1. The van der Waals surface area contributed by atoms with E-state index in [0.29, 0.717) is 22.5 Å². The summed E-state index contributed by atoms with van der Waals surface area (Å²) in [5.41, 5.74) is 12.4. The van der Waals surface area contributed by atoms with Gasteiger partial charge in [0.1, 0.15) is 12.1 Å². The lowest BCUT2D eigenvalue weighted by atomic mass is 10.0. The van der Waals surface area contributed by atoms with Crippen LogP contribution in [0.4, 0.5) is 17.1 Å². The van der Waals surface area contributed by atoms with Crippen LogP contribution >= 0.6 is 0 Å². The van der Waals surface area contributed by atoms with E-state index in [4.69, 9.17) is 0 Å². The fourth-order valence-corrected chi connectivity index (χ4v) is 10.5. The van der Waals surface area contributed by atoms with E-state index in [-0.39, 0.29) is 0 Å². The third kappa shape index (κ3) is 5.46. The average Bonchev–Trinajstić information content (AvgIpc) is 4.01. The number of anilines is 3. The molecule has 13 rings (SSSR count). The highest BCUT2D eigenvalue weighted by Gasteiger charge is 2.24. The molecule has 0 aliphatic rings. The molecule has 0 fully saturated rings. The Kier molecular flexibility index (Phi) is 8.24. The van der Waals surface area contributed by atoms with Crippen molar-refractivity contribution in [1.82, 2.24) is 13.7 Å². The molecule has 306 valence electrons. The molecular formula is C60H36N6. The van der Waals surface area contributed by atoms with Gasteiger partial charge < -0.3 is 18.6 Å². The zero-order chi connectivity index (χ0) is 43.9.